The van der Waals surface area contributed by atoms with Gasteiger partial charge in [0.2, 0.25) is 15.9 Å². The quantitative estimate of drug-likeness (QED) is 0.850. The van der Waals surface area contributed by atoms with Crippen molar-refractivity contribution in [2.24, 2.45) is 0 Å². The lowest BCUT2D eigenvalue weighted by Crippen LogP contribution is -2.44. The van der Waals surface area contributed by atoms with E-state index in [4.69, 9.17) is 0 Å². The summed E-state index contributed by atoms with van der Waals surface area (Å²) in [7, 11) is -3.71. The average Bonchev–Trinajstić information content (AvgIpc) is 2.29. The van der Waals surface area contributed by atoms with Crippen molar-refractivity contribution < 1.29 is 13.2 Å². The maximum absolute atomic E-state index is 12.1. The fourth-order valence-corrected chi connectivity index (χ4v) is 3.55. The summed E-state index contributed by atoms with van der Waals surface area (Å²) in [4.78, 5) is 11.6. The van der Waals surface area contributed by atoms with Gasteiger partial charge in [-0.2, -0.15) is 4.72 Å². The molecule has 0 saturated carbocycles. The monoisotopic (exact) mass is 334 g/mol. The first-order chi connectivity index (χ1) is 8.38. The Morgan fingerprint density at radius 2 is 2.00 bits per heavy atom. The molecule has 0 aromatic heterocycles. The first kappa shape index (κ1) is 15.1. The number of amides is 1. The fraction of sp³-hybridized carbons (Fsp3) is 0.364. The van der Waals surface area contributed by atoms with Gasteiger partial charge in [0.15, 0.2) is 0 Å². The van der Waals surface area contributed by atoms with E-state index in [0.717, 1.165) is 0 Å². The molecule has 0 heterocycles. The Kier molecular flexibility index (Phi) is 5.30. The number of carbonyl (C=O) groups excluding carboxylic acids is 1. The van der Waals surface area contributed by atoms with E-state index in [0.29, 0.717) is 11.0 Å². The molecule has 2 N–H and O–H groups in total. The molecule has 1 aromatic carbocycles. The van der Waals surface area contributed by atoms with Crippen molar-refractivity contribution in [1.29, 1.82) is 0 Å². The van der Waals surface area contributed by atoms with Crippen molar-refractivity contribution in [3.05, 3.63) is 28.7 Å². The van der Waals surface area contributed by atoms with Crippen LogP contribution < -0.4 is 10.0 Å². The second-order valence-corrected chi connectivity index (χ2v) is 6.20. The second-order valence-electron chi connectivity index (χ2n) is 3.67. The first-order valence-corrected chi connectivity index (χ1v) is 7.70. The van der Waals surface area contributed by atoms with Crippen LogP contribution in [0.2, 0.25) is 0 Å². The average molecular weight is 335 g/mol. The minimum atomic E-state index is -3.71. The van der Waals surface area contributed by atoms with Gasteiger partial charge in [-0.25, -0.2) is 8.42 Å². The number of rotatable bonds is 5. The summed E-state index contributed by atoms with van der Waals surface area (Å²) in [5.74, 6) is -0.354. The summed E-state index contributed by atoms with van der Waals surface area (Å²) in [6.07, 6.45) is 0. The normalized spacial score (nSPS) is 13.1. The van der Waals surface area contributed by atoms with E-state index in [1.54, 1.807) is 25.1 Å². The van der Waals surface area contributed by atoms with Crippen LogP contribution in [0.25, 0.3) is 0 Å². The molecule has 0 saturated heterocycles. The smallest absolute Gasteiger partial charge is 0.242 e. The predicted octanol–water partition coefficient (Wildman–Crippen LogP) is 1.25. The van der Waals surface area contributed by atoms with E-state index in [1.807, 2.05) is 0 Å². The van der Waals surface area contributed by atoms with Crippen molar-refractivity contribution >= 4 is 31.9 Å². The maximum atomic E-state index is 12.1. The Labute approximate surface area is 115 Å². The number of benzene rings is 1. The molecule has 1 atom stereocenters. The van der Waals surface area contributed by atoms with Gasteiger partial charge >= 0.3 is 0 Å². The van der Waals surface area contributed by atoms with E-state index in [1.165, 1.54) is 13.0 Å². The zero-order valence-electron chi connectivity index (χ0n) is 10.1. The molecule has 1 unspecified atom stereocenters. The molecule has 5 nitrogen and oxygen atoms in total. The molecule has 18 heavy (non-hydrogen) atoms. The molecule has 0 aliphatic rings. The highest BCUT2D eigenvalue weighted by Gasteiger charge is 2.23. The van der Waals surface area contributed by atoms with Crippen LogP contribution in [0.3, 0.4) is 0 Å². The molecule has 0 spiro atoms. The van der Waals surface area contributed by atoms with Gasteiger partial charge in [-0.15, -0.1) is 0 Å². The minimum absolute atomic E-state index is 0.112. The Balaban J connectivity index is 2.90. The molecule has 100 valence electrons. The molecule has 0 aliphatic heterocycles. The minimum Gasteiger partial charge on any atom is -0.355 e. The number of halogens is 1. The summed E-state index contributed by atoms with van der Waals surface area (Å²) < 4.78 is 26.9. The van der Waals surface area contributed by atoms with Crippen LogP contribution in [0, 0.1) is 0 Å². The van der Waals surface area contributed by atoms with Gasteiger partial charge in [-0.05, 0) is 41.9 Å². The number of nitrogens with one attached hydrogen (secondary N) is 2. The van der Waals surface area contributed by atoms with Gasteiger partial charge < -0.3 is 5.32 Å². The molecule has 0 radical (unpaired) electrons. The molecule has 7 heteroatoms. The third kappa shape index (κ3) is 3.79. The van der Waals surface area contributed by atoms with Crippen LogP contribution in [0.1, 0.15) is 13.8 Å². The Bertz CT molecular complexity index is 531. The van der Waals surface area contributed by atoms with Gasteiger partial charge in [0.05, 0.1) is 10.9 Å². The van der Waals surface area contributed by atoms with Crippen molar-refractivity contribution in [3.8, 4) is 0 Å². The molecule has 0 fully saturated rings. The first-order valence-electron chi connectivity index (χ1n) is 5.43. The van der Waals surface area contributed by atoms with E-state index < -0.39 is 16.1 Å². The third-order valence-electron chi connectivity index (χ3n) is 2.20. The highest BCUT2D eigenvalue weighted by atomic mass is 79.9. The van der Waals surface area contributed by atoms with E-state index in [9.17, 15) is 13.2 Å². The summed E-state index contributed by atoms with van der Waals surface area (Å²) in [5.41, 5.74) is 0. The third-order valence-corrected chi connectivity index (χ3v) is 4.76. The van der Waals surface area contributed by atoms with E-state index in [-0.39, 0.29) is 10.8 Å². The zero-order valence-corrected chi connectivity index (χ0v) is 12.5. The van der Waals surface area contributed by atoms with Gasteiger partial charge in [0, 0.05) is 11.0 Å². The van der Waals surface area contributed by atoms with Crippen LogP contribution in [-0.4, -0.2) is 26.9 Å². The van der Waals surface area contributed by atoms with Crippen molar-refractivity contribution in [2.45, 2.75) is 24.8 Å². The van der Waals surface area contributed by atoms with Gasteiger partial charge in [-0.3, -0.25) is 4.79 Å². The van der Waals surface area contributed by atoms with Gasteiger partial charge in [-0.1, -0.05) is 12.1 Å². The van der Waals surface area contributed by atoms with Gasteiger partial charge in [0.1, 0.15) is 0 Å². The lowest BCUT2D eigenvalue weighted by Gasteiger charge is -2.14. The fourth-order valence-electron chi connectivity index (χ4n) is 1.34. The SMILES string of the molecule is CCNC(=O)C(C)NS(=O)(=O)c1ccccc1Br. The molecule has 1 aromatic rings. The maximum Gasteiger partial charge on any atom is 0.242 e. The molecule has 0 aliphatic carbocycles. The second kappa shape index (κ2) is 6.31. The number of hydrogen-bond acceptors (Lipinski definition) is 3. The Hall–Kier alpha value is -0.920. The van der Waals surface area contributed by atoms with Crippen LogP contribution in [-0.2, 0) is 14.8 Å². The van der Waals surface area contributed by atoms with Crippen molar-refractivity contribution in [2.75, 3.05) is 6.54 Å². The largest absolute Gasteiger partial charge is 0.355 e. The van der Waals surface area contributed by atoms with Crippen molar-refractivity contribution in [1.82, 2.24) is 10.0 Å². The molecule has 0 bridgehead atoms. The molecular weight excluding hydrogens is 320 g/mol. The zero-order chi connectivity index (χ0) is 13.8. The number of sulfonamides is 1. The van der Waals surface area contributed by atoms with Crippen molar-refractivity contribution in [3.63, 3.8) is 0 Å². The standard InChI is InChI=1S/C11H15BrN2O3S/c1-3-13-11(15)8(2)14-18(16,17)10-7-5-4-6-9(10)12/h4-8,14H,3H2,1-2H3,(H,13,15). The lowest BCUT2D eigenvalue weighted by atomic mass is 10.3. The lowest BCUT2D eigenvalue weighted by molar-refractivity contribution is -0.122. The summed E-state index contributed by atoms with van der Waals surface area (Å²) in [6, 6.07) is 5.62. The Morgan fingerprint density at radius 3 is 2.56 bits per heavy atom. The number of carbonyl (C=O) groups is 1. The van der Waals surface area contributed by atoms with E-state index >= 15 is 0 Å². The summed E-state index contributed by atoms with van der Waals surface area (Å²) in [6.45, 7) is 3.73. The van der Waals surface area contributed by atoms with Gasteiger partial charge in [0.25, 0.3) is 0 Å². The molecular formula is C11H15BrN2O3S. The van der Waals surface area contributed by atoms with Crippen LogP contribution in [0.5, 0.6) is 0 Å². The molecule has 1 amide bonds. The topological polar surface area (TPSA) is 75.3 Å². The highest BCUT2D eigenvalue weighted by Crippen LogP contribution is 2.20. The predicted molar refractivity (Wildman–Crippen MR) is 72.6 cm³/mol. The molecule has 1 rings (SSSR count). The number of hydrogen-bond donors (Lipinski definition) is 2. The summed E-state index contributed by atoms with van der Waals surface area (Å²) in [5, 5.41) is 2.56. The van der Waals surface area contributed by atoms with Crippen LogP contribution in [0.15, 0.2) is 33.6 Å². The highest BCUT2D eigenvalue weighted by molar-refractivity contribution is 9.10. The number of likely N-dealkylation sites (N-methyl/N-ethyl adjacent to an activating group) is 1. The van der Waals surface area contributed by atoms with Crippen LogP contribution >= 0.6 is 15.9 Å². The Morgan fingerprint density at radius 1 is 1.39 bits per heavy atom. The van der Waals surface area contributed by atoms with E-state index in [2.05, 4.69) is 26.0 Å². The van der Waals surface area contributed by atoms with Crippen LogP contribution in [0.4, 0.5) is 0 Å². The summed E-state index contributed by atoms with van der Waals surface area (Å²) >= 11 is 3.17.